The Morgan fingerprint density at radius 3 is 2.63 bits per heavy atom. The molecule has 0 bridgehead atoms. The van der Waals surface area contributed by atoms with Gasteiger partial charge >= 0.3 is 0 Å². The highest BCUT2D eigenvalue weighted by atomic mass is 32.1. The average molecular weight is 385 g/mol. The van der Waals surface area contributed by atoms with Crippen LogP contribution in [0, 0.1) is 0 Å². The summed E-state index contributed by atoms with van der Waals surface area (Å²) in [6.45, 7) is 1.71. The number of amides is 2. The van der Waals surface area contributed by atoms with E-state index in [0.29, 0.717) is 16.4 Å². The lowest BCUT2D eigenvalue weighted by Gasteiger charge is -2.25. The lowest BCUT2D eigenvalue weighted by molar-refractivity contribution is -0.132. The zero-order chi connectivity index (χ0) is 18.8. The molecule has 1 saturated heterocycles. The van der Waals surface area contributed by atoms with Crippen LogP contribution >= 0.6 is 11.3 Å². The molecule has 0 saturated carbocycles. The van der Waals surface area contributed by atoms with Gasteiger partial charge in [-0.1, -0.05) is 0 Å². The van der Waals surface area contributed by atoms with Crippen molar-refractivity contribution in [2.45, 2.75) is 38.0 Å². The largest absolute Gasteiger partial charge is 0.497 e. The van der Waals surface area contributed by atoms with E-state index in [0.717, 1.165) is 55.8 Å². The molecular weight excluding hydrogens is 362 g/mol. The minimum atomic E-state index is -0.203. The number of likely N-dealkylation sites (tertiary alicyclic amines) is 1. The summed E-state index contributed by atoms with van der Waals surface area (Å²) in [5, 5.41) is 3.46. The van der Waals surface area contributed by atoms with Crippen LogP contribution in [0.5, 0.6) is 5.75 Å². The fraction of sp³-hybridized carbons (Fsp3) is 0.450. The molecule has 1 aromatic heterocycles. The Balaban J connectivity index is 1.50. The molecule has 1 N–H and O–H groups in total. The molecule has 2 amide bonds. The van der Waals surface area contributed by atoms with E-state index in [2.05, 4.69) is 10.3 Å². The molecule has 0 spiro atoms. The van der Waals surface area contributed by atoms with Gasteiger partial charge in [0.05, 0.1) is 18.7 Å². The number of anilines is 1. The van der Waals surface area contributed by atoms with Gasteiger partial charge in [0.15, 0.2) is 5.13 Å². The van der Waals surface area contributed by atoms with Gasteiger partial charge in [-0.15, -0.1) is 11.3 Å². The molecule has 1 aliphatic heterocycles. The van der Waals surface area contributed by atoms with Gasteiger partial charge < -0.3 is 9.64 Å². The van der Waals surface area contributed by atoms with Crippen LogP contribution in [0.3, 0.4) is 0 Å². The van der Waals surface area contributed by atoms with E-state index in [1.54, 1.807) is 31.4 Å². The van der Waals surface area contributed by atoms with Gasteiger partial charge in [-0.3, -0.25) is 14.9 Å². The van der Waals surface area contributed by atoms with Crippen LogP contribution in [-0.2, 0) is 11.2 Å². The molecule has 1 aromatic carbocycles. The van der Waals surface area contributed by atoms with Crippen molar-refractivity contribution in [1.29, 1.82) is 0 Å². The van der Waals surface area contributed by atoms with Crippen LogP contribution in [0.25, 0.3) is 0 Å². The molecule has 2 aliphatic rings. The zero-order valence-corrected chi connectivity index (χ0v) is 16.2. The average Bonchev–Trinajstić information content (AvgIpc) is 3.36. The Morgan fingerprint density at radius 2 is 1.93 bits per heavy atom. The first-order chi connectivity index (χ1) is 13.2. The zero-order valence-electron chi connectivity index (χ0n) is 15.4. The molecule has 27 heavy (non-hydrogen) atoms. The molecule has 4 rings (SSSR count). The standard InChI is InChI=1S/C20H23N3O3S/c1-26-14-9-7-13(8-10-14)18(24)22-20-21-17-15(5-4-6-16(17)27-20)19(25)23-11-2-3-12-23/h7-10,15H,2-6,11-12H2,1H3,(H,21,22,24). The van der Waals surface area contributed by atoms with Crippen LogP contribution in [0.15, 0.2) is 24.3 Å². The summed E-state index contributed by atoms with van der Waals surface area (Å²) in [5.74, 6) is 0.548. The Bertz CT molecular complexity index is 841. The predicted molar refractivity (Wildman–Crippen MR) is 105 cm³/mol. The van der Waals surface area contributed by atoms with Crippen LogP contribution in [-0.4, -0.2) is 41.9 Å². The number of aromatic nitrogens is 1. The summed E-state index contributed by atoms with van der Waals surface area (Å²) >= 11 is 1.49. The van der Waals surface area contributed by atoms with E-state index >= 15 is 0 Å². The molecule has 2 aromatic rings. The lowest BCUT2D eigenvalue weighted by Crippen LogP contribution is -2.34. The van der Waals surface area contributed by atoms with Gasteiger partial charge in [0, 0.05) is 23.5 Å². The van der Waals surface area contributed by atoms with Crippen molar-refractivity contribution >= 4 is 28.3 Å². The smallest absolute Gasteiger partial charge is 0.257 e. The van der Waals surface area contributed by atoms with E-state index in [9.17, 15) is 9.59 Å². The molecule has 6 nitrogen and oxygen atoms in total. The van der Waals surface area contributed by atoms with E-state index in [4.69, 9.17) is 4.74 Å². The SMILES string of the molecule is COc1ccc(C(=O)Nc2nc3c(s2)CCCC3C(=O)N2CCCC2)cc1. The number of fused-ring (bicyclic) bond motifs is 1. The van der Waals surface area contributed by atoms with Crippen molar-refractivity contribution in [3.05, 3.63) is 40.4 Å². The third kappa shape index (κ3) is 3.69. The Hall–Kier alpha value is -2.41. The summed E-state index contributed by atoms with van der Waals surface area (Å²) in [6, 6.07) is 6.96. The quantitative estimate of drug-likeness (QED) is 0.875. The van der Waals surface area contributed by atoms with Crippen molar-refractivity contribution in [3.63, 3.8) is 0 Å². The van der Waals surface area contributed by atoms with E-state index < -0.39 is 0 Å². The Kier molecular flexibility index (Phi) is 5.11. The number of nitrogens with one attached hydrogen (secondary N) is 1. The van der Waals surface area contributed by atoms with Gasteiger partial charge in [-0.05, 0) is 56.4 Å². The maximum Gasteiger partial charge on any atom is 0.257 e. The number of thiazole rings is 1. The van der Waals surface area contributed by atoms with Gasteiger partial charge in [-0.2, -0.15) is 0 Å². The van der Waals surface area contributed by atoms with Crippen LogP contribution in [0.1, 0.15) is 52.5 Å². The van der Waals surface area contributed by atoms with Gasteiger partial charge in [-0.25, -0.2) is 4.98 Å². The molecule has 1 unspecified atom stereocenters. The minimum absolute atomic E-state index is 0.158. The van der Waals surface area contributed by atoms with Crippen LogP contribution < -0.4 is 10.1 Å². The van der Waals surface area contributed by atoms with Crippen molar-refractivity contribution in [3.8, 4) is 5.75 Å². The predicted octanol–water partition coefficient (Wildman–Crippen LogP) is 3.45. The number of methoxy groups -OCH3 is 1. The fourth-order valence-electron chi connectivity index (χ4n) is 3.78. The summed E-state index contributed by atoms with van der Waals surface area (Å²) in [6.07, 6.45) is 4.94. The molecule has 142 valence electrons. The highest BCUT2D eigenvalue weighted by Gasteiger charge is 2.34. The van der Waals surface area contributed by atoms with E-state index in [1.807, 2.05) is 4.90 Å². The normalized spacial score (nSPS) is 18.9. The number of benzene rings is 1. The third-order valence-corrected chi connectivity index (χ3v) is 6.29. The maximum absolute atomic E-state index is 12.9. The molecule has 0 radical (unpaired) electrons. The number of aryl methyl sites for hydroxylation is 1. The van der Waals surface area contributed by atoms with Crippen molar-refractivity contribution in [2.24, 2.45) is 0 Å². The monoisotopic (exact) mass is 385 g/mol. The second-order valence-corrected chi connectivity index (χ2v) is 8.07. The number of rotatable bonds is 4. The summed E-state index contributed by atoms with van der Waals surface area (Å²) in [5.41, 5.74) is 1.42. The minimum Gasteiger partial charge on any atom is -0.497 e. The summed E-state index contributed by atoms with van der Waals surface area (Å²) in [7, 11) is 1.59. The number of hydrogen-bond donors (Lipinski definition) is 1. The molecule has 1 aliphatic carbocycles. The second-order valence-electron chi connectivity index (χ2n) is 6.99. The molecule has 1 atom stereocenters. The number of carbonyl (C=O) groups excluding carboxylic acids is 2. The summed E-state index contributed by atoms with van der Waals surface area (Å²) in [4.78, 5) is 33.1. The second kappa shape index (κ2) is 7.68. The van der Waals surface area contributed by atoms with E-state index in [1.165, 1.54) is 11.3 Å². The molecular formula is C20H23N3O3S. The van der Waals surface area contributed by atoms with Crippen molar-refractivity contribution in [2.75, 3.05) is 25.5 Å². The van der Waals surface area contributed by atoms with Crippen LogP contribution in [0.2, 0.25) is 0 Å². The topological polar surface area (TPSA) is 71.5 Å². The number of carbonyl (C=O) groups is 2. The third-order valence-electron chi connectivity index (χ3n) is 5.24. The Labute approximate surface area is 162 Å². The van der Waals surface area contributed by atoms with Gasteiger partial charge in [0.2, 0.25) is 5.91 Å². The lowest BCUT2D eigenvalue weighted by atomic mass is 9.90. The van der Waals surface area contributed by atoms with Gasteiger partial charge in [0.1, 0.15) is 5.75 Å². The number of hydrogen-bond acceptors (Lipinski definition) is 5. The maximum atomic E-state index is 12.9. The fourth-order valence-corrected chi connectivity index (χ4v) is 4.84. The van der Waals surface area contributed by atoms with E-state index in [-0.39, 0.29) is 17.7 Å². The first kappa shape index (κ1) is 18.0. The summed E-state index contributed by atoms with van der Waals surface area (Å²) < 4.78 is 5.12. The number of ether oxygens (including phenoxy) is 1. The first-order valence-electron chi connectivity index (χ1n) is 9.39. The van der Waals surface area contributed by atoms with Crippen molar-refractivity contribution < 1.29 is 14.3 Å². The van der Waals surface area contributed by atoms with Crippen LogP contribution in [0.4, 0.5) is 5.13 Å². The molecule has 1 fully saturated rings. The molecule has 2 heterocycles. The highest BCUT2D eigenvalue weighted by molar-refractivity contribution is 7.15. The Morgan fingerprint density at radius 1 is 1.19 bits per heavy atom. The highest BCUT2D eigenvalue weighted by Crippen LogP contribution is 2.38. The van der Waals surface area contributed by atoms with Crippen molar-refractivity contribution in [1.82, 2.24) is 9.88 Å². The number of nitrogens with zero attached hydrogens (tertiary/aromatic N) is 2. The first-order valence-corrected chi connectivity index (χ1v) is 10.2. The molecule has 7 heteroatoms. The van der Waals surface area contributed by atoms with Gasteiger partial charge in [0.25, 0.3) is 5.91 Å².